The van der Waals surface area contributed by atoms with E-state index in [1.54, 1.807) is 0 Å². The highest BCUT2D eigenvalue weighted by Gasteiger charge is 2.23. The van der Waals surface area contributed by atoms with E-state index in [1.807, 2.05) is 18.4 Å². The Morgan fingerprint density at radius 3 is 2.58 bits per heavy atom. The van der Waals surface area contributed by atoms with Gasteiger partial charge in [0.25, 0.3) is 0 Å². The Hall–Kier alpha value is -0.380. The summed E-state index contributed by atoms with van der Waals surface area (Å²) in [6, 6.07) is 5.11. The van der Waals surface area contributed by atoms with Gasteiger partial charge in [-0.25, -0.2) is 0 Å². The Bertz CT molecular complexity index is 475. The van der Waals surface area contributed by atoms with Crippen molar-refractivity contribution in [1.29, 1.82) is 0 Å². The molecule has 7 heteroatoms. The van der Waals surface area contributed by atoms with Crippen molar-refractivity contribution < 1.29 is 4.74 Å². The second-order valence-electron chi connectivity index (χ2n) is 6.31. The topological polar surface area (TPSA) is 48.9 Å². The van der Waals surface area contributed by atoms with E-state index >= 15 is 0 Å². The van der Waals surface area contributed by atoms with Gasteiger partial charge in [-0.1, -0.05) is 19.9 Å². The van der Waals surface area contributed by atoms with E-state index in [0.29, 0.717) is 18.0 Å². The average molecular weight is 466 g/mol. The molecule has 2 atom stereocenters. The molecular formula is C17H31IN4OS. The van der Waals surface area contributed by atoms with Gasteiger partial charge in [0, 0.05) is 37.6 Å². The number of nitrogens with one attached hydrogen (secondary N) is 2. The van der Waals surface area contributed by atoms with Gasteiger partial charge >= 0.3 is 0 Å². The number of aliphatic imine (C=N–C) groups is 1. The fourth-order valence-corrected chi connectivity index (χ4v) is 3.41. The van der Waals surface area contributed by atoms with Crippen molar-refractivity contribution in [3.05, 3.63) is 22.4 Å². The lowest BCUT2D eigenvalue weighted by molar-refractivity contribution is 0.0177. The zero-order valence-corrected chi connectivity index (χ0v) is 18.3. The van der Waals surface area contributed by atoms with Gasteiger partial charge in [-0.15, -0.1) is 35.3 Å². The maximum atomic E-state index is 5.50. The molecule has 1 aliphatic heterocycles. The van der Waals surface area contributed by atoms with Crippen LogP contribution in [0.25, 0.3) is 0 Å². The van der Waals surface area contributed by atoms with Crippen LogP contribution in [0.1, 0.15) is 31.7 Å². The predicted molar refractivity (Wildman–Crippen MR) is 114 cm³/mol. The lowest BCUT2D eigenvalue weighted by Crippen LogP contribution is -2.48. The number of rotatable bonds is 6. The molecule has 0 bridgehead atoms. The van der Waals surface area contributed by atoms with Gasteiger partial charge in [-0.05, 0) is 24.3 Å². The van der Waals surface area contributed by atoms with E-state index in [2.05, 4.69) is 58.8 Å². The first-order valence-electron chi connectivity index (χ1n) is 8.44. The first kappa shape index (κ1) is 21.7. The molecule has 0 radical (unpaired) electrons. The molecule has 2 heterocycles. The summed E-state index contributed by atoms with van der Waals surface area (Å²) >= 11 is 1.82. The third-order valence-corrected chi connectivity index (χ3v) is 5.38. The van der Waals surface area contributed by atoms with Crippen molar-refractivity contribution in [2.45, 2.75) is 32.9 Å². The summed E-state index contributed by atoms with van der Waals surface area (Å²) in [6.07, 6.45) is 0. The van der Waals surface area contributed by atoms with Gasteiger partial charge in [0.1, 0.15) is 0 Å². The Morgan fingerprint density at radius 2 is 2.04 bits per heavy atom. The van der Waals surface area contributed by atoms with Crippen LogP contribution in [-0.2, 0) is 4.74 Å². The quantitative estimate of drug-likeness (QED) is 0.385. The van der Waals surface area contributed by atoms with Crippen LogP contribution in [0.5, 0.6) is 0 Å². The van der Waals surface area contributed by atoms with Crippen LogP contribution >= 0.6 is 35.3 Å². The van der Waals surface area contributed by atoms with Crippen LogP contribution in [0.15, 0.2) is 22.5 Å². The maximum absolute atomic E-state index is 5.50. The molecule has 1 aliphatic rings. The number of nitrogens with zero attached hydrogens (tertiary/aromatic N) is 2. The Morgan fingerprint density at radius 1 is 1.33 bits per heavy atom. The SMILES string of the molecule is CN=C(NCC(c1cccs1)N1CCOCC1)NC(C)C(C)C.I. The Labute approximate surface area is 167 Å². The summed E-state index contributed by atoms with van der Waals surface area (Å²) in [5, 5.41) is 9.12. The third kappa shape index (κ3) is 6.50. The largest absolute Gasteiger partial charge is 0.379 e. The molecule has 1 aromatic heterocycles. The zero-order chi connectivity index (χ0) is 16.7. The lowest BCUT2D eigenvalue weighted by atomic mass is 10.1. The molecule has 1 saturated heterocycles. The number of ether oxygens (including phenoxy) is 1. The van der Waals surface area contributed by atoms with E-state index in [9.17, 15) is 0 Å². The van der Waals surface area contributed by atoms with Crippen molar-refractivity contribution in [2.75, 3.05) is 39.9 Å². The molecule has 0 saturated carbocycles. The molecule has 1 aromatic rings. The van der Waals surface area contributed by atoms with E-state index < -0.39 is 0 Å². The first-order valence-corrected chi connectivity index (χ1v) is 9.32. The van der Waals surface area contributed by atoms with E-state index in [4.69, 9.17) is 4.74 Å². The summed E-state index contributed by atoms with van der Waals surface area (Å²) in [5.74, 6) is 1.45. The van der Waals surface area contributed by atoms with Gasteiger partial charge in [0.05, 0.1) is 19.3 Å². The second-order valence-corrected chi connectivity index (χ2v) is 7.29. The smallest absolute Gasteiger partial charge is 0.191 e. The standard InChI is InChI=1S/C17H30N4OS.HI/c1-13(2)14(3)20-17(18-4)19-12-15(16-6-5-11-23-16)21-7-9-22-10-8-21;/h5-6,11,13-15H,7-10,12H2,1-4H3,(H2,18,19,20);1H. The van der Waals surface area contributed by atoms with Crippen LogP contribution in [-0.4, -0.2) is 56.8 Å². The van der Waals surface area contributed by atoms with Gasteiger partial charge < -0.3 is 15.4 Å². The fraction of sp³-hybridized carbons (Fsp3) is 0.706. The van der Waals surface area contributed by atoms with Crippen molar-refractivity contribution in [2.24, 2.45) is 10.9 Å². The van der Waals surface area contributed by atoms with Crippen molar-refractivity contribution >= 4 is 41.3 Å². The van der Waals surface area contributed by atoms with Crippen molar-refractivity contribution in [3.63, 3.8) is 0 Å². The van der Waals surface area contributed by atoms with E-state index in [-0.39, 0.29) is 24.0 Å². The number of halogens is 1. The zero-order valence-electron chi connectivity index (χ0n) is 15.1. The molecule has 2 unspecified atom stereocenters. The van der Waals surface area contributed by atoms with E-state index in [1.165, 1.54) is 4.88 Å². The number of guanidine groups is 1. The van der Waals surface area contributed by atoms with Gasteiger partial charge in [-0.2, -0.15) is 0 Å². The fourth-order valence-electron chi connectivity index (χ4n) is 2.55. The molecule has 1 fully saturated rings. The van der Waals surface area contributed by atoms with Crippen LogP contribution in [0.4, 0.5) is 0 Å². The van der Waals surface area contributed by atoms with Crippen LogP contribution in [0, 0.1) is 5.92 Å². The molecule has 0 aromatic carbocycles. The van der Waals surface area contributed by atoms with Gasteiger partial charge in [0.15, 0.2) is 5.96 Å². The summed E-state index contributed by atoms with van der Waals surface area (Å²) in [5.41, 5.74) is 0. The van der Waals surface area contributed by atoms with Crippen molar-refractivity contribution in [3.8, 4) is 0 Å². The summed E-state index contributed by atoms with van der Waals surface area (Å²) < 4.78 is 5.50. The molecular weight excluding hydrogens is 435 g/mol. The minimum Gasteiger partial charge on any atom is -0.379 e. The number of hydrogen-bond acceptors (Lipinski definition) is 4. The molecule has 5 nitrogen and oxygen atoms in total. The summed E-state index contributed by atoms with van der Waals surface area (Å²) in [4.78, 5) is 8.26. The van der Waals surface area contributed by atoms with Crippen LogP contribution in [0.3, 0.4) is 0 Å². The maximum Gasteiger partial charge on any atom is 0.191 e. The lowest BCUT2D eigenvalue weighted by Gasteiger charge is -2.34. The van der Waals surface area contributed by atoms with Crippen LogP contribution in [0.2, 0.25) is 0 Å². The minimum absolute atomic E-state index is 0. The van der Waals surface area contributed by atoms with Gasteiger partial charge in [0.2, 0.25) is 0 Å². The molecule has 2 rings (SSSR count). The molecule has 24 heavy (non-hydrogen) atoms. The highest BCUT2D eigenvalue weighted by molar-refractivity contribution is 14.0. The Balaban J connectivity index is 0.00000288. The number of thiophene rings is 1. The second kappa shape index (κ2) is 11.3. The number of hydrogen-bond donors (Lipinski definition) is 2. The third-order valence-electron chi connectivity index (χ3n) is 4.41. The summed E-state index contributed by atoms with van der Waals surface area (Å²) in [7, 11) is 1.83. The molecule has 0 amide bonds. The number of morpholine rings is 1. The monoisotopic (exact) mass is 466 g/mol. The average Bonchev–Trinajstić information content (AvgIpc) is 3.09. The Kier molecular flexibility index (Phi) is 10.2. The van der Waals surface area contributed by atoms with Gasteiger partial charge in [-0.3, -0.25) is 9.89 Å². The first-order chi connectivity index (χ1) is 11.1. The minimum atomic E-state index is 0. The summed E-state index contributed by atoms with van der Waals surface area (Å²) in [6.45, 7) is 11.1. The van der Waals surface area contributed by atoms with E-state index in [0.717, 1.165) is 38.8 Å². The highest BCUT2D eigenvalue weighted by atomic mass is 127. The van der Waals surface area contributed by atoms with Crippen LogP contribution < -0.4 is 10.6 Å². The molecule has 138 valence electrons. The normalized spacial score (nSPS) is 18.8. The van der Waals surface area contributed by atoms with Crippen molar-refractivity contribution in [1.82, 2.24) is 15.5 Å². The highest BCUT2D eigenvalue weighted by Crippen LogP contribution is 2.25. The predicted octanol–water partition coefficient (Wildman–Crippen LogP) is 2.95. The molecule has 0 spiro atoms. The molecule has 2 N–H and O–H groups in total. The molecule has 0 aliphatic carbocycles.